The lowest BCUT2D eigenvalue weighted by atomic mass is 9.87. The first kappa shape index (κ1) is 17.2. The number of sulfonamides is 1. The van der Waals surface area contributed by atoms with Gasteiger partial charge in [-0.25, -0.2) is 13.1 Å². The zero-order valence-corrected chi connectivity index (χ0v) is 13.9. The van der Waals surface area contributed by atoms with Gasteiger partial charge in [-0.2, -0.15) is 0 Å². The Morgan fingerprint density at radius 1 is 1.25 bits per heavy atom. The Balaban J connectivity index is 3.26. The number of nitrogens with one attached hydrogen (secondary N) is 1. The van der Waals surface area contributed by atoms with Gasteiger partial charge < -0.3 is 10.8 Å². The lowest BCUT2D eigenvalue weighted by Crippen LogP contribution is -2.57. The predicted octanol–water partition coefficient (Wildman–Crippen LogP) is 2.06. The van der Waals surface area contributed by atoms with E-state index in [4.69, 9.17) is 17.3 Å². The van der Waals surface area contributed by atoms with Gasteiger partial charge in [0.25, 0.3) is 0 Å². The molecular formula is C13H21ClN2O3S. The quantitative estimate of drug-likeness (QED) is 0.740. The molecule has 0 spiro atoms. The average molecular weight is 321 g/mol. The van der Waals surface area contributed by atoms with E-state index in [1.54, 1.807) is 20.8 Å². The first-order valence-corrected chi connectivity index (χ1v) is 7.96. The number of rotatable bonds is 4. The van der Waals surface area contributed by atoms with Crippen molar-refractivity contribution >= 4 is 27.3 Å². The third-order valence-electron chi connectivity index (χ3n) is 3.49. The Hall–Kier alpha value is -0.820. The molecule has 1 aromatic carbocycles. The summed E-state index contributed by atoms with van der Waals surface area (Å²) in [6.07, 6.45) is 0. The summed E-state index contributed by atoms with van der Waals surface area (Å²) in [7, 11) is -3.81. The van der Waals surface area contributed by atoms with Gasteiger partial charge in [-0.05, 0) is 52.3 Å². The maximum atomic E-state index is 12.4. The van der Waals surface area contributed by atoms with Gasteiger partial charge in [0.05, 0.1) is 26.7 Å². The summed E-state index contributed by atoms with van der Waals surface area (Å²) in [6.45, 7) is 7.97. The number of nitrogen functional groups attached to an aromatic ring is 1. The summed E-state index contributed by atoms with van der Waals surface area (Å²) >= 11 is 5.93. The van der Waals surface area contributed by atoms with Crippen LogP contribution in [0, 0.1) is 6.92 Å². The molecule has 0 unspecified atom stereocenters. The van der Waals surface area contributed by atoms with Crippen molar-refractivity contribution in [2.24, 2.45) is 0 Å². The molecule has 0 radical (unpaired) electrons. The third-order valence-corrected chi connectivity index (χ3v) is 5.64. The third kappa shape index (κ3) is 3.44. The molecule has 20 heavy (non-hydrogen) atoms. The highest BCUT2D eigenvalue weighted by atomic mass is 35.5. The van der Waals surface area contributed by atoms with Gasteiger partial charge in [-0.1, -0.05) is 11.6 Å². The molecular weight excluding hydrogens is 300 g/mol. The first-order chi connectivity index (χ1) is 8.78. The molecule has 1 rings (SSSR count). The molecule has 0 amide bonds. The second-order valence-corrected chi connectivity index (χ2v) is 7.99. The largest absolute Gasteiger partial charge is 0.397 e. The van der Waals surface area contributed by atoms with Crippen LogP contribution in [0.15, 0.2) is 17.0 Å². The van der Waals surface area contributed by atoms with Crippen LogP contribution in [-0.4, -0.2) is 24.7 Å². The van der Waals surface area contributed by atoms with Gasteiger partial charge in [0.1, 0.15) is 0 Å². The number of nitrogens with two attached hydrogens (primary N) is 1. The van der Waals surface area contributed by atoms with E-state index in [-0.39, 0.29) is 10.6 Å². The second-order valence-electron chi connectivity index (χ2n) is 5.93. The summed E-state index contributed by atoms with van der Waals surface area (Å²) in [4.78, 5) is 0.0224. The zero-order chi connectivity index (χ0) is 15.9. The molecule has 0 aliphatic rings. The van der Waals surface area contributed by atoms with E-state index in [1.807, 2.05) is 0 Å². The summed E-state index contributed by atoms with van der Waals surface area (Å²) in [5, 5.41) is 10.4. The molecule has 0 aromatic heterocycles. The Bertz CT molecular complexity index is 596. The highest BCUT2D eigenvalue weighted by Crippen LogP contribution is 2.29. The van der Waals surface area contributed by atoms with Gasteiger partial charge in [0, 0.05) is 0 Å². The number of halogens is 1. The smallest absolute Gasteiger partial charge is 0.241 e. The van der Waals surface area contributed by atoms with Crippen molar-refractivity contribution in [1.82, 2.24) is 4.72 Å². The zero-order valence-electron chi connectivity index (χ0n) is 12.3. The van der Waals surface area contributed by atoms with Gasteiger partial charge in [0.2, 0.25) is 10.0 Å². The second kappa shape index (κ2) is 5.18. The van der Waals surface area contributed by atoms with Crippen molar-refractivity contribution in [3.05, 3.63) is 22.7 Å². The lowest BCUT2D eigenvalue weighted by Gasteiger charge is -2.37. The van der Waals surface area contributed by atoms with Crippen LogP contribution >= 0.6 is 11.6 Å². The molecule has 4 N–H and O–H groups in total. The Morgan fingerprint density at radius 2 is 1.75 bits per heavy atom. The number of aryl methyl sites for hydroxylation is 1. The Labute approximate surface area is 125 Å². The summed E-state index contributed by atoms with van der Waals surface area (Å²) < 4.78 is 27.3. The van der Waals surface area contributed by atoms with Crippen LogP contribution in [-0.2, 0) is 10.0 Å². The minimum Gasteiger partial charge on any atom is -0.397 e. The van der Waals surface area contributed by atoms with E-state index >= 15 is 0 Å². The molecule has 0 atom stereocenters. The Kier molecular flexibility index (Phi) is 4.46. The number of aliphatic hydroxyl groups is 1. The van der Waals surface area contributed by atoms with Crippen molar-refractivity contribution in [2.45, 2.75) is 50.7 Å². The SMILES string of the molecule is Cc1cc(S(=O)(=O)NC(C)(C)C(C)(C)O)cc(N)c1Cl. The van der Waals surface area contributed by atoms with Crippen molar-refractivity contribution in [1.29, 1.82) is 0 Å². The predicted molar refractivity (Wildman–Crippen MR) is 81.3 cm³/mol. The van der Waals surface area contributed by atoms with Crippen LogP contribution < -0.4 is 10.5 Å². The molecule has 0 saturated carbocycles. The molecule has 0 bridgehead atoms. The highest BCUT2D eigenvalue weighted by Gasteiger charge is 2.39. The van der Waals surface area contributed by atoms with Crippen LogP contribution in [0.4, 0.5) is 5.69 Å². The summed E-state index contributed by atoms with van der Waals surface area (Å²) in [6, 6.07) is 2.75. The number of anilines is 1. The molecule has 0 fully saturated rings. The lowest BCUT2D eigenvalue weighted by molar-refractivity contribution is 0.00639. The standard InChI is InChI=1S/C13H21ClN2O3S/c1-8-6-9(7-10(15)11(8)14)20(18,19)16-12(2,3)13(4,5)17/h6-7,16-17H,15H2,1-5H3. The first-order valence-electron chi connectivity index (χ1n) is 6.10. The molecule has 0 heterocycles. The fourth-order valence-electron chi connectivity index (χ4n) is 1.44. The number of benzene rings is 1. The maximum Gasteiger partial charge on any atom is 0.241 e. The van der Waals surface area contributed by atoms with Gasteiger partial charge >= 0.3 is 0 Å². The summed E-state index contributed by atoms with van der Waals surface area (Å²) in [5.74, 6) is 0. The van der Waals surface area contributed by atoms with Crippen LogP contribution in [0.3, 0.4) is 0 Å². The number of hydrogen-bond acceptors (Lipinski definition) is 4. The molecule has 0 aliphatic carbocycles. The van der Waals surface area contributed by atoms with Crippen LogP contribution in [0.2, 0.25) is 5.02 Å². The van der Waals surface area contributed by atoms with E-state index in [9.17, 15) is 13.5 Å². The minimum absolute atomic E-state index is 0.0224. The number of hydrogen-bond donors (Lipinski definition) is 3. The van der Waals surface area contributed by atoms with Crippen molar-refractivity contribution in [3.63, 3.8) is 0 Å². The van der Waals surface area contributed by atoms with E-state index in [1.165, 1.54) is 26.0 Å². The topological polar surface area (TPSA) is 92.4 Å². The Morgan fingerprint density at radius 3 is 2.15 bits per heavy atom. The van der Waals surface area contributed by atoms with E-state index in [0.717, 1.165) is 0 Å². The van der Waals surface area contributed by atoms with E-state index < -0.39 is 21.2 Å². The van der Waals surface area contributed by atoms with Crippen molar-refractivity contribution in [3.8, 4) is 0 Å². The van der Waals surface area contributed by atoms with Crippen molar-refractivity contribution in [2.75, 3.05) is 5.73 Å². The normalized spacial score (nSPS) is 13.6. The molecule has 5 nitrogen and oxygen atoms in total. The van der Waals surface area contributed by atoms with E-state index in [0.29, 0.717) is 10.6 Å². The summed E-state index contributed by atoms with van der Waals surface area (Å²) in [5.41, 5.74) is 4.20. The molecule has 0 saturated heterocycles. The van der Waals surface area contributed by atoms with Gasteiger partial charge in [0.15, 0.2) is 0 Å². The van der Waals surface area contributed by atoms with Crippen LogP contribution in [0.5, 0.6) is 0 Å². The monoisotopic (exact) mass is 320 g/mol. The highest BCUT2D eigenvalue weighted by molar-refractivity contribution is 7.89. The van der Waals surface area contributed by atoms with Crippen LogP contribution in [0.25, 0.3) is 0 Å². The van der Waals surface area contributed by atoms with Crippen molar-refractivity contribution < 1.29 is 13.5 Å². The molecule has 1 aromatic rings. The molecule has 0 aliphatic heterocycles. The fourth-order valence-corrected chi connectivity index (χ4v) is 3.20. The van der Waals surface area contributed by atoms with E-state index in [2.05, 4.69) is 4.72 Å². The minimum atomic E-state index is -3.81. The van der Waals surface area contributed by atoms with Crippen LogP contribution in [0.1, 0.15) is 33.3 Å². The fraction of sp³-hybridized carbons (Fsp3) is 0.538. The molecule has 114 valence electrons. The van der Waals surface area contributed by atoms with Gasteiger partial charge in [-0.15, -0.1) is 0 Å². The maximum absolute atomic E-state index is 12.4. The molecule has 7 heteroatoms. The van der Waals surface area contributed by atoms with Gasteiger partial charge in [-0.3, -0.25) is 0 Å². The average Bonchev–Trinajstić information content (AvgIpc) is 2.22.